The number of anilines is 1. The lowest BCUT2D eigenvalue weighted by Crippen LogP contribution is -2.21. The van der Waals surface area contributed by atoms with Gasteiger partial charge in [0.1, 0.15) is 0 Å². The number of rotatable bonds is 7. The number of benzene rings is 1. The number of ether oxygens (including phenoxy) is 1. The lowest BCUT2D eigenvalue weighted by Gasteiger charge is -2.12. The minimum atomic E-state index is -3.34. The molecule has 2 N–H and O–H groups in total. The van der Waals surface area contributed by atoms with Crippen molar-refractivity contribution in [3.05, 3.63) is 29.8 Å². The number of methoxy groups -OCH3 is 1. The second-order valence-electron chi connectivity index (χ2n) is 3.60. The van der Waals surface area contributed by atoms with Crippen molar-refractivity contribution in [2.45, 2.75) is 6.54 Å². The fourth-order valence-corrected chi connectivity index (χ4v) is 2.40. The zero-order valence-corrected chi connectivity index (χ0v) is 10.9. The van der Waals surface area contributed by atoms with Crippen LogP contribution in [0.5, 0.6) is 0 Å². The number of nitrogens with one attached hydrogen (secondary N) is 2. The molecule has 1 rings (SSSR count). The highest BCUT2D eigenvalue weighted by Gasteiger charge is 2.11. The summed E-state index contributed by atoms with van der Waals surface area (Å²) >= 11 is 0. The predicted molar refractivity (Wildman–Crippen MR) is 68.5 cm³/mol. The van der Waals surface area contributed by atoms with E-state index < -0.39 is 10.0 Å². The molecule has 0 spiro atoms. The molecule has 6 heteroatoms. The molecule has 0 amide bonds. The summed E-state index contributed by atoms with van der Waals surface area (Å²) in [5.41, 5.74) is 1.52. The average Bonchev–Trinajstić information content (AvgIpc) is 2.29. The van der Waals surface area contributed by atoms with E-state index in [0.29, 0.717) is 12.2 Å². The van der Waals surface area contributed by atoms with Crippen molar-refractivity contribution in [2.24, 2.45) is 0 Å². The third kappa shape index (κ3) is 4.72. The Morgan fingerprint density at radius 2 is 2.00 bits per heavy atom. The summed E-state index contributed by atoms with van der Waals surface area (Å²) in [6.07, 6.45) is 0. The van der Waals surface area contributed by atoms with Crippen LogP contribution in [0.4, 0.5) is 5.69 Å². The average molecular weight is 258 g/mol. The minimum absolute atomic E-state index is 0.0443. The van der Waals surface area contributed by atoms with Gasteiger partial charge in [-0.3, -0.25) is 4.72 Å². The van der Waals surface area contributed by atoms with Crippen LogP contribution in [-0.4, -0.2) is 34.9 Å². The second-order valence-corrected chi connectivity index (χ2v) is 5.44. The Morgan fingerprint density at radius 3 is 2.65 bits per heavy atom. The van der Waals surface area contributed by atoms with Gasteiger partial charge < -0.3 is 10.1 Å². The molecule has 0 atom stereocenters. The molecule has 5 nitrogen and oxygen atoms in total. The third-order valence-electron chi connectivity index (χ3n) is 2.21. The maximum Gasteiger partial charge on any atom is 0.235 e. The van der Waals surface area contributed by atoms with Gasteiger partial charge in [-0.15, -0.1) is 0 Å². The summed E-state index contributed by atoms with van der Waals surface area (Å²) in [4.78, 5) is 0. The Kier molecular flexibility index (Phi) is 5.40. The fraction of sp³-hybridized carbons (Fsp3) is 0.455. The van der Waals surface area contributed by atoms with E-state index in [1.54, 1.807) is 12.1 Å². The van der Waals surface area contributed by atoms with Crippen molar-refractivity contribution in [3.63, 3.8) is 0 Å². The molecule has 0 aliphatic rings. The van der Waals surface area contributed by atoms with Crippen molar-refractivity contribution >= 4 is 15.7 Å². The molecule has 0 aromatic heterocycles. The van der Waals surface area contributed by atoms with Crippen LogP contribution in [0.3, 0.4) is 0 Å². The molecule has 1 aromatic rings. The van der Waals surface area contributed by atoms with Crippen LogP contribution in [0.15, 0.2) is 24.3 Å². The van der Waals surface area contributed by atoms with Crippen LogP contribution in [0, 0.1) is 0 Å². The van der Waals surface area contributed by atoms with E-state index in [-0.39, 0.29) is 12.4 Å². The largest absolute Gasteiger partial charge is 0.384 e. The first-order valence-electron chi connectivity index (χ1n) is 5.31. The minimum Gasteiger partial charge on any atom is -0.384 e. The van der Waals surface area contributed by atoms with E-state index >= 15 is 0 Å². The highest BCUT2D eigenvalue weighted by molar-refractivity contribution is 7.92. The van der Waals surface area contributed by atoms with Crippen LogP contribution < -0.4 is 10.0 Å². The maximum absolute atomic E-state index is 11.7. The van der Waals surface area contributed by atoms with Crippen molar-refractivity contribution in [1.29, 1.82) is 0 Å². The topological polar surface area (TPSA) is 67.4 Å². The molecule has 0 saturated carbocycles. The van der Waals surface area contributed by atoms with Gasteiger partial charge in [0.05, 0.1) is 18.0 Å². The summed E-state index contributed by atoms with van der Waals surface area (Å²) in [6, 6.07) is 7.30. The molecule has 0 heterocycles. The Bertz CT molecular complexity index is 446. The summed E-state index contributed by atoms with van der Waals surface area (Å²) in [5, 5.41) is 2.99. The summed E-state index contributed by atoms with van der Waals surface area (Å²) < 4.78 is 30.7. The fourth-order valence-electron chi connectivity index (χ4n) is 1.38. The molecule has 0 radical (unpaired) electrons. The van der Waals surface area contributed by atoms with Crippen LogP contribution in [0.1, 0.15) is 5.56 Å². The van der Waals surface area contributed by atoms with E-state index in [4.69, 9.17) is 4.74 Å². The number of para-hydroxylation sites is 1. The molecule has 1 aromatic carbocycles. The molecule has 0 bridgehead atoms. The molecular formula is C11H18N2O3S. The number of hydrogen-bond acceptors (Lipinski definition) is 4. The Balaban J connectivity index is 2.80. The molecular weight excluding hydrogens is 240 g/mol. The Hall–Kier alpha value is -1.11. The van der Waals surface area contributed by atoms with Gasteiger partial charge in [-0.05, 0) is 18.7 Å². The standard InChI is InChI=1S/C11H18N2O3S/c1-12-9-10-5-3-4-6-11(10)13-17(14,15)8-7-16-2/h3-6,12-13H,7-9H2,1-2H3. The number of sulfonamides is 1. The Labute approximate surface area is 102 Å². The van der Waals surface area contributed by atoms with Gasteiger partial charge in [0, 0.05) is 13.7 Å². The first-order valence-corrected chi connectivity index (χ1v) is 6.96. The van der Waals surface area contributed by atoms with E-state index in [2.05, 4.69) is 10.0 Å². The maximum atomic E-state index is 11.7. The van der Waals surface area contributed by atoms with Crippen LogP contribution in [0.25, 0.3) is 0 Å². The summed E-state index contributed by atoms with van der Waals surface area (Å²) in [7, 11) is -0.0480. The van der Waals surface area contributed by atoms with Crippen molar-refractivity contribution in [2.75, 3.05) is 31.2 Å². The Morgan fingerprint density at radius 1 is 1.29 bits per heavy atom. The van der Waals surface area contributed by atoms with E-state index in [0.717, 1.165) is 5.56 Å². The van der Waals surface area contributed by atoms with E-state index in [1.165, 1.54) is 7.11 Å². The molecule has 0 unspecified atom stereocenters. The van der Waals surface area contributed by atoms with Crippen LogP contribution in [0.2, 0.25) is 0 Å². The van der Waals surface area contributed by atoms with Gasteiger partial charge in [-0.2, -0.15) is 0 Å². The monoisotopic (exact) mass is 258 g/mol. The van der Waals surface area contributed by atoms with Gasteiger partial charge in [-0.25, -0.2) is 8.42 Å². The molecule has 0 aliphatic carbocycles. The van der Waals surface area contributed by atoms with E-state index in [1.807, 2.05) is 19.2 Å². The van der Waals surface area contributed by atoms with Crippen molar-refractivity contribution < 1.29 is 13.2 Å². The van der Waals surface area contributed by atoms with Gasteiger partial charge in [0.25, 0.3) is 0 Å². The van der Waals surface area contributed by atoms with Crippen LogP contribution >= 0.6 is 0 Å². The van der Waals surface area contributed by atoms with Gasteiger partial charge in [0.2, 0.25) is 10.0 Å². The first-order chi connectivity index (χ1) is 8.09. The van der Waals surface area contributed by atoms with Gasteiger partial charge >= 0.3 is 0 Å². The smallest absolute Gasteiger partial charge is 0.235 e. The normalized spacial score (nSPS) is 11.4. The summed E-state index contributed by atoms with van der Waals surface area (Å²) in [6.45, 7) is 0.798. The zero-order chi connectivity index (χ0) is 12.7. The molecule has 17 heavy (non-hydrogen) atoms. The lowest BCUT2D eigenvalue weighted by atomic mass is 10.2. The van der Waals surface area contributed by atoms with Crippen molar-refractivity contribution in [3.8, 4) is 0 Å². The third-order valence-corrected chi connectivity index (χ3v) is 3.44. The van der Waals surface area contributed by atoms with Gasteiger partial charge in [-0.1, -0.05) is 18.2 Å². The molecule has 96 valence electrons. The highest BCUT2D eigenvalue weighted by Crippen LogP contribution is 2.16. The van der Waals surface area contributed by atoms with Gasteiger partial charge in [0.15, 0.2) is 0 Å². The number of hydrogen-bond donors (Lipinski definition) is 2. The van der Waals surface area contributed by atoms with E-state index in [9.17, 15) is 8.42 Å². The molecule has 0 aliphatic heterocycles. The SMILES string of the molecule is CNCc1ccccc1NS(=O)(=O)CCOC. The highest BCUT2D eigenvalue weighted by atomic mass is 32.2. The second kappa shape index (κ2) is 6.58. The predicted octanol–water partition coefficient (Wildman–Crippen LogP) is 0.794. The zero-order valence-electron chi connectivity index (χ0n) is 10.1. The van der Waals surface area contributed by atoms with Crippen LogP contribution in [-0.2, 0) is 21.3 Å². The lowest BCUT2D eigenvalue weighted by molar-refractivity contribution is 0.217. The quantitative estimate of drug-likeness (QED) is 0.759. The first kappa shape index (κ1) is 14.0. The molecule has 0 fully saturated rings. The van der Waals surface area contributed by atoms with Crippen molar-refractivity contribution in [1.82, 2.24) is 5.32 Å². The molecule has 0 saturated heterocycles. The summed E-state index contributed by atoms with van der Waals surface area (Å²) in [5.74, 6) is -0.0443.